The Hall–Kier alpha value is -0.650. The SMILES string of the molecule is CCNC(C)(CCCN1CCC(COC)C1)C(=O)OCC. The van der Waals surface area contributed by atoms with Crippen molar-refractivity contribution in [2.75, 3.05) is 46.5 Å². The second-order valence-corrected chi connectivity index (χ2v) is 6.10. The molecule has 124 valence electrons. The van der Waals surface area contributed by atoms with Gasteiger partial charge in [0.2, 0.25) is 0 Å². The standard InChI is InChI=1S/C16H32N2O3/c1-5-17-16(3,15(19)21-6-2)9-7-10-18-11-8-14(12-18)13-20-4/h14,17H,5-13H2,1-4H3. The average molecular weight is 300 g/mol. The van der Waals surface area contributed by atoms with Crippen molar-refractivity contribution in [3.8, 4) is 0 Å². The predicted molar refractivity (Wildman–Crippen MR) is 84.4 cm³/mol. The molecule has 0 aliphatic carbocycles. The molecule has 0 aromatic rings. The summed E-state index contributed by atoms with van der Waals surface area (Å²) in [6, 6.07) is 0. The molecule has 0 aromatic carbocycles. The molecule has 0 bridgehead atoms. The second kappa shape index (κ2) is 9.38. The zero-order valence-electron chi connectivity index (χ0n) is 14.1. The summed E-state index contributed by atoms with van der Waals surface area (Å²) in [5.74, 6) is 0.533. The molecule has 1 heterocycles. The van der Waals surface area contributed by atoms with Crippen molar-refractivity contribution in [2.24, 2.45) is 5.92 Å². The predicted octanol–water partition coefficient (Wildman–Crippen LogP) is 1.67. The third-order valence-electron chi connectivity index (χ3n) is 4.22. The van der Waals surface area contributed by atoms with Gasteiger partial charge in [-0.15, -0.1) is 0 Å². The van der Waals surface area contributed by atoms with Crippen LogP contribution in [0.1, 0.15) is 40.0 Å². The van der Waals surface area contributed by atoms with Crippen LogP contribution in [0.25, 0.3) is 0 Å². The third kappa shape index (κ3) is 5.93. The van der Waals surface area contributed by atoms with E-state index in [2.05, 4.69) is 10.2 Å². The highest BCUT2D eigenvalue weighted by molar-refractivity contribution is 5.80. The summed E-state index contributed by atoms with van der Waals surface area (Å²) >= 11 is 0. The summed E-state index contributed by atoms with van der Waals surface area (Å²) in [6.45, 7) is 11.2. The van der Waals surface area contributed by atoms with Gasteiger partial charge in [0.05, 0.1) is 13.2 Å². The fraction of sp³-hybridized carbons (Fsp3) is 0.938. The van der Waals surface area contributed by atoms with Crippen molar-refractivity contribution in [3.63, 3.8) is 0 Å². The van der Waals surface area contributed by atoms with Crippen LogP contribution in [0.2, 0.25) is 0 Å². The molecule has 1 aliphatic rings. The normalized spacial score (nSPS) is 22.2. The van der Waals surface area contributed by atoms with E-state index in [1.807, 2.05) is 20.8 Å². The van der Waals surface area contributed by atoms with E-state index >= 15 is 0 Å². The van der Waals surface area contributed by atoms with Crippen LogP contribution in [-0.4, -0.2) is 62.9 Å². The van der Waals surface area contributed by atoms with Gasteiger partial charge in [-0.2, -0.15) is 0 Å². The topological polar surface area (TPSA) is 50.8 Å². The quantitative estimate of drug-likeness (QED) is 0.622. The summed E-state index contributed by atoms with van der Waals surface area (Å²) in [5.41, 5.74) is -0.559. The molecule has 0 aromatic heterocycles. The minimum Gasteiger partial charge on any atom is -0.465 e. The lowest BCUT2D eigenvalue weighted by atomic mass is 9.95. The number of esters is 1. The second-order valence-electron chi connectivity index (χ2n) is 6.10. The summed E-state index contributed by atoms with van der Waals surface area (Å²) in [6.07, 6.45) is 3.03. The monoisotopic (exact) mass is 300 g/mol. The Morgan fingerprint density at radius 3 is 2.81 bits per heavy atom. The molecule has 1 rings (SSSR count). The van der Waals surface area contributed by atoms with Gasteiger partial charge in [-0.25, -0.2) is 0 Å². The molecular weight excluding hydrogens is 268 g/mol. The van der Waals surface area contributed by atoms with E-state index in [-0.39, 0.29) is 5.97 Å². The van der Waals surface area contributed by atoms with Crippen LogP contribution in [0.15, 0.2) is 0 Å². The largest absolute Gasteiger partial charge is 0.465 e. The molecule has 0 radical (unpaired) electrons. The van der Waals surface area contributed by atoms with Gasteiger partial charge in [0.15, 0.2) is 0 Å². The fourth-order valence-electron chi connectivity index (χ4n) is 3.09. The van der Waals surface area contributed by atoms with Gasteiger partial charge in [0.1, 0.15) is 5.54 Å². The highest BCUT2D eigenvalue weighted by Gasteiger charge is 2.33. The molecule has 1 aliphatic heterocycles. The summed E-state index contributed by atoms with van der Waals surface area (Å²) in [5, 5.41) is 3.28. The van der Waals surface area contributed by atoms with Gasteiger partial charge in [-0.05, 0) is 58.7 Å². The van der Waals surface area contributed by atoms with Crippen LogP contribution in [0.3, 0.4) is 0 Å². The Morgan fingerprint density at radius 1 is 1.43 bits per heavy atom. The minimum atomic E-state index is -0.559. The number of methoxy groups -OCH3 is 1. The highest BCUT2D eigenvalue weighted by Crippen LogP contribution is 2.19. The van der Waals surface area contributed by atoms with Gasteiger partial charge in [0, 0.05) is 13.7 Å². The summed E-state index contributed by atoms with van der Waals surface area (Å²) in [7, 11) is 1.77. The maximum atomic E-state index is 12.1. The van der Waals surface area contributed by atoms with Crippen molar-refractivity contribution in [3.05, 3.63) is 0 Å². The number of hydrogen-bond acceptors (Lipinski definition) is 5. The average Bonchev–Trinajstić information content (AvgIpc) is 2.87. The summed E-state index contributed by atoms with van der Waals surface area (Å²) < 4.78 is 10.4. The van der Waals surface area contributed by atoms with Crippen LogP contribution < -0.4 is 5.32 Å². The van der Waals surface area contributed by atoms with Gasteiger partial charge in [-0.3, -0.25) is 4.79 Å². The minimum absolute atomic E-state index is 0.134. The fourth-order valence-corrected chi connectivity index (χ4v) is 3.09. The highest BCUT2D eigenvalue weighted by atomic mass is 16.5. The van der Waals surface area contributed by atoms with Crippen molar-refractivity contribution in [1.29, 1.82) is 0 Å². The van der Waals surface area contributed by atoms with E-state index in [4.69, 9.17) is 9.47 Å². The molecule has 1 N–H and O–H groups in total. The van der Waals surface area contributed by atoms with E-state index in [9.17, 15) is 4.79 Å². The molecule has 0 spiro atoms. The van der Waals surface area contributed by atoms with Crippen LogP contribution in [0.5, 0.6) is 0 Å². The lowest BCUT2D eigenvalue weighted by Crippen LogP contribution is -2.50. The smallest absolute Gasteiger partial charge is 0.326 e. The molecular formula is C16H32N2O3. The van der Waals surface area contributed by atoms with Gasteiger partial charge in [0.25, 0.3) is 0 Å². The number of ether oxygens (including phenoxy) is 2. The lowest BCUT2D eigenvalue weighted by Gasteiger charge is -2.29. The zero-order valence-corrected chi connectivity index (χ0v) is 14.1. The number of nitrogens with one attached hydrogen (secondary N) is 1. The number of rotatable bonds is 10. The Balaban J connectivity index is 2.35. The first-order chi connectivity index (χ1) is 10.1. The van der Waals surface area contributed by atoms with E-state index in [0.29, 0.717) is 12.5 Å². The van der Waals surface area contributed by atoms with Gasteiger partial charge >= 0.3 is 5.97 Å². The number of likely N-dealkylation sites (N-methyl/N-ethyl adjacent to an activating group) is 1. The van der Waals surface area contributed by atoms with E-state index < -0.39 is 5.54 Å². The summed E-state index contributed by atoms with van der Waals surface area (Å²) in [4.78, 5) is 14.6. The first-order valence-electron chi connectivity index (χ1n) is 8.19. The molecule has 2 atom stereocenters. The number of carbonyl (C=O) groups excluding carboxylic acids is 1. The van der Waals surface area contributed by atoms with Crippen LogP contribution in [0.4, 0.5) is 0 Å². The maximum Gasteiger partial charge on any atom is 0.326 e. The Morgan fingerprint density at radius 2 is 2.19 bits per heavy atom. The van der Waals surface area contributed by atoms with E-state index in [1.165, 1.54) is 6.42 Å². The molecule has 2 unspecified atom stereocenters. The van der Waals surface area contributed by atoms with Crippen LogP contribution in [-0.2, 0) is 14.3 Å². The molecule has 21 heavy (non-hydrogen) atoms. The van der Waals surface area contributed by atoms with Gasteiger partial charge in [-0.1, -0.05) is 6.92 Å². The number of carbonyl (C=O) groups is 1. The van der Waals surface area contributed by atoms with Crippen molar-refractivity contribution in [2.45, 2.75) is 45.6 Å². The first kappa shape index (κ1) is 18.4. The lowest BCUT2D eigenvalue weighted by molar-refractivity contribution is -0.150. The Kier molecular flexibility index (Phi) is 8.22. The molecule has 1 fully saturated rings. The van der Waals surface area contributed by atoms with Crippen molar-refractivity contribution >= 4 is 5.97 Å². The van der Waals surface area contributed by atoms with Crippen molar-refractivity contribution < 1.29 is 14.3 Å². The molecule has 0 amide bonds. The molecule has 1 saturated heterocycles. The first-order valence-corrected chi connectivity index (χ1v) is 8.19. The number of nitrogens with zero attached hydrogens (tertiary/aromatic N) is 1. The number of hydrogen-bond donors (Lipinski definition) is 1. The van der Waals surface area contributed by atoms with E-state index in [0.717, 1.165) is 45.6 Å². The number of likely N-dealkylation sites (tertiary alicyclic amines) is 1. The Bertz CT molecular complexity index is 312. The molecule has 5 nitrogen and oxygen atoms in total. The van der Waals surface area contributed by atoms with Gasteiger partial charge < -0.3 is 19.7 Å². The Labute approximate surface area is 129 Å². The van der Waals surface area contributed by atoms with E-state index in [1.54, 1.807) is 7.11 Å². The van der Waals surface area contributed by atoms with Crippen molar-refractivity contribution in [1.82, 2.24) is 10.2 Å². The molecule has 0 saturated carbocycles. The van der Waals surface area contributed by atoms with Crippen LogP contribution in [0, 0.1) is 5.92 Å². The molecule has 5 heteroatoms. The van der Waals surface area contributed by atoms with Crippen LogP contribution >= 0.6 is 0 Å². The third-order valence-corrected chi connectivity index (χ3v) is 4.22. The zero-order chi connectivity index (χ0) is 15.7. The maximum absolute atomic E-state index is 12.1.